The number of amides is 2. The van der Waals surface area contributed by atoms with Crippen LogP contribution in [0.3, 0.4) is 0 Å². The van der Waals surface area contributed by atoms with E-state index in [1.165, 1.54) is 18.7 Å². The average Bonchev–Trinajstić information content (AvgIpc) is 2.56. The van der Waals surface area contributed by atoms with Crippen molar-refractivity contribution in [3.63, 3.8) is 0 Å². The molecule has 5 nitrogen and oxygen atoms in total. The number of rotatable bonds is 6. The van der Waals surface area contributed by atoms with Crippen molar-refractivity contribution in [2.45, 2.75) is 20.3 Å². The van der Waals surface area contributed by atoms with Crippen LogP contribution in [0, 0.1) is 0 Å². The van der Waals surface area contributed by atoms with E-state index in [2.05, 4.69) is 5.32 Å². The van der Waals surface area contributed by atoms with Gasteiger partial charge in [-0.3, -0.25) is 14.4 Å². The van der Waals surface area contributed by atoms with Crippen LogP contribution in [0.5, 0.6) is 0 Å². The van der Waals surface area contributed by atoms with Crippen molar-refractivity contribution in [2.75, 3.05) is 16.8 Å². The van der Waals surface area contributed by atoms with Crippen molar-refractivity contribution in [2.24, 2.45) is 0 Å². The number of nitrogens with one attached hydrogen (secondary N) is 1. The van der Waals surface area contributed by atoms with Crippen molar-refractivity contribution in [1.29, 1.82) is 0 Å². The van der Waals surface area contributed by atoms with Gasteiger partial charge in [0.15, 0.2) is 5.78 Å². The predicted molar refractivity (Wildman–Crippen MR) is 94.2 cm³/mol. The van der Waals surface area contributed by atoms with E-state index >= 15 is 0 Å². The van der Waals surface area contributed by atoms with Crippen LogP contribution in [0.4, 0.5) is 11.4 Å². The molecule has 0 spiro atoms. The molecule has 24 heavy (non-hydrogen) atoms. The van der Waals surface area contributed by atoms with Gasteiger partial charge in [-0.15, -0.1) is 0 Å². The highest BCUT2D eigenvalue weighted by Crippen LogP contribution is 2.26. The Balaban J connectivity index is 2.17. The molecule has 0 saturated heterocycles. The summed E-state index contributed by atoms with van der Waals surface area (Å²) in [6.45, 7) is 3.10. The maximum atomic E-state index is 12.3. The molecule has 0 aliphatic heterocycles. The molecule has 0 aromatic heterocycles. The van der Waals surface area contributed by atoms with Crippen LogP contribution in [-0.4, -0.2) is 24.1 Å². The number of hydrogen-bond acceptors (Lipinski definition) is 3. The Bertz CT molecular complexity index is 741. The number of benzene rings is 2. The van der Waals surface area contributed by atoms with Crippen molar-refractivity contribution in [3.8, 4) is 0 Å². The third-order valence-corrected chi connectivity index (χ3v) is 3.54. The molecular formula is C19H20N2O3. The molecule has 0 aliphatic rings. The second-order valence-electron chi connectivity index (χ2n) is 5.41. The Morgan fingerprint density at radius 1 is 0.917 bits per heavy atom. The van der Waals surface area contributed by atoms with Crippen LogP contribution in [0.15, 0.2) is 54.6 Å². The van der Waals surface area contributed by atoms with Gasteiger partial charge in [-0.2, -0.15) is 0 Å². The lowest BCUT2D eigenvalue weighted by molar-refractivity contribution is -0.116. The zero-order chi connectivity index (χ0) is 17.5. The number of ketones is 1. The van der Waals surface area contributed by atoms with Crippen LogP contribution in [0.25, 0.3) is 0 Å². The van der Waals surface area contributed by atoms with Crippen LogP contribution >= 0.6 is 0 Å². The van der Waals surface area contributed by atoms with Crippen molar-refractivity contribution >= 4 is 29.0 Å². The molecule has 2 aromatic rings. The molecule has 2 amide bonds. The molecule has 2 aromatic carbocycles. The van der Waals surface area contributed by atoms with Gasteiger partial charge in [0.2, 0.25) is 11.8 Å². The van der Waals surface area contributed by atoms with Crippen LogP contribution < -0.4 is 10.2 Å². The molecule has 0 heterocycles. The van der Waals surface area contributed by atoms with Gasteiger partial charge in [-0.1, -0.05) is 42.5 Å². The largest absolute Gasteiger partial charge is 0.325 e. The summed E-state index contributed by atoms with van der Waals surface area (Å²) in [4.78, 5) is 37.1. The second kappa shape index (κ2) is 8.06. The predicted octanol–water partition coefficient (Wildman–Crippen LogP) is 3.27. The number of para-hydroxylation sites is 2. The highest BCUT2D eigenvalue weighted by molar-refractivity contribution is 6.01. The minimum absolute atomic E-state index is 0.0288. The smallest absolute Gasteiger partial charge is 0.223 e. The van der Waals surface area contributed by atoms with E-state index in [0.29, 0.717) is 16.9 Å². The van der Waals surface area contributed by atoms with Gasteiger partial charge in [0.25, 0.3) is 0 Å². The quantitative estimate of drug-likeness (QED) is 0.829. The third-order valence-electron chi connectivity index (χ3n) is 3.54. The van der Waals surface area contributed by atoms with Crippen molar-refractivity contribution < 1.29 is 14.4 Å². The topological polar surface area (TPSA) is 66.5 Å². The molecular weight excluding hydrogens is 304 g/mol. The Hall–Kier alpha value is -2.95. The van der Waals surface area contributed by atoms with Crippen molar-refractivity contribution in [3.05, 3.63) is 60.2 Å². The summed E-state index contributed by atoms with van der Waals surface area (Å²) in [6, 6.07) is 16.0. The maximum Gasteiger partial charge on any atom is 0.223 e. The molecule has 0 unspecified atom stereocenters. The number of nitrogens with zero attached hydrogens (tertiary/aromatic N) is 1. The molecule has 5 heteroatoms. The van der Waals surface area contributed by atoms with Crippen LogP contribution in [-0.2, 0) is 9.59 Å². The number of hydrogen-bond donors (Lipinski definition) is 1. The summed E-state index contributed by atoms with van der Waals surface area (Å²) < 4.78 is 0. The first kappa shape index (κ1) is 17.4. The van der Waals surface area contributed by atoms with E-state index in [1.54, 1.807) is 36.4 Å². The Morgan fingerprint density at radius 2 is 1.54 bits per heavy atom. The standard InChI is InChI=1S/C19H20N2O3/c1-14(22)20-17-10-6-7-11-18(17)21(15(2)23)13-12-19(24)16-8-4-3-5-9-16/h3-11H,12-13H2,1-2H3,(H,20,22). The normalized spacial score (nSPS) is 10.1. The zero-order valence-corrected chi connectivity index (χ0v) is 13.8. The van der Waals surface area contributed by atoms with E-state index in [0.717, 1.165) is 0 Å². The first-order chi connectivity index (χ1) is 11.5. The first-order valence-electron chi connectivity index (χ1n) is 7.72. The monoisotopic (exact) mass is 324 g/mol. The van der Waals surface area contributed by atoms with Gasteiger partial charge in [0.1, 0.15) is 0 Å². The molecule has 124 valence electrons. The minimum atomic E-state index is -0.216. The first-order valence-corrected chi connectivity index (χ1v) is 7.72. The lowest BCUT2D eigenvalue weighted by Gasteiger charge is -2.23. The van der Waals surface area contributed by atoms with Gasteiger partial charge in [0.05, 0.1) is 11.4 Å². The molecule has 0 atom stereocenters. The van der Waals surface area contributed by atoms with E-state index < -0.39 is 0 Å². The zero-order valence-electron chi connectivity index (χ0n) is 13.8. The molecule has 0 saturated carbocycles. The maximum absolute atomic E-state index is 12.3. The summed E-state index contributed by atoms with van der Waals surface area (Å²) in [5.41, 5.74) is 1.75. The Kier molecular flexibility index (Phi) is 5.84. The summed E-state index contributed by atoms with van der Waals surface area (Å²) >= 11 is 0. The summed E-state index contributed by atoms with van der Waals surface area (Å²) in [5, 5.41) is 2.71. The van der Waals surface area contributed by atoms with E-state index in [1.807, 2.05) is 18.2 Å². The second-order valence-corrected chi connectivity index (χ2v) is 5.41. The fraction of sp³-hybridized carbons (Fsp3) is 0.211. The molecule has 0 radical (unpaired) electrons. The molecule has 0 fully saturated rings. The van der Waals surface area contributed by atoms with Gasteiger partial charge >= 0.3 is 0 Å². The third kappa shape index (κ3) is 4.52. The fourth-order valence-corrected chi connectivity index (χ4v) is 2.43. The van der Waals surface area contributed by atoms with Gasteiger partial charge in [0, 0.05) is 32.4 Å². The van der Waals surface area contributed by atoms with Gasteiger partial charge in [-0.05, 0) is 12.1 Å². The van der Waals surface area contributed by atoms with Gasteiger partial charge in [-0.25, -0.2) is 0 Å². The number of Topliss-reactive ketones (excluding diaryl/α,β-unsaturated/α-hetero) is 1. The van der Waals surface area contributed by atoms with E-state index in [9.17, 15) is 14.4 Å². The SMILES string of the molecule is CC(=O)Nc1ccccc1N(CCC(=O)c1ccccc1)C(C)=O. The average molecular weight is 324 g/mol. The molecule has 2 rings (SSSR count). The Labute approximate surface area is 141 Å². The number of carbonyl (C=O) groups excluding carboxylic acids is 3. The molecule has 0 aliphatic carbocycles. The van der Waals surface area contributed by atoms with E-state index in [4.69, 9.17) is 0 Å². The molecule has 0 bridgehead atoms. The van der Waals surface area contributed by atoms with Crippen LogP contribution in [0.2, 0.25) is 0 Å². The molecule has 1 N–H and O–H groups in total. The number of carbonyl (C=O) groups is 3. The highest BCUT2D eigenvalue weighted by atomic mass is 16.2. The fourth-order valence-electron chi connectivity index (χ4n) is 2.43. The summed E-state index contributed by atoms with van der Waals surface area (Å²) in [5.74, 6) is -0.432. The van der Waals surface area contributed by atoms with E-state index in [-0.39, 0.29) is 30.6 Å². The summed E-state index contributed by atoms with van der Waals surface area (Å²) in [6.07, 6.45) is 0.206. The van der Waals surface area contributed by atoms with Gasteiger partial charge < -0.3 is 10.2 Å². The lowest BCUT2D eigenvalue weighted by atomic mass is 10.1. The summed E-state index contributed by atoms with van der Waals surface area (Å²) in [7, 11) is 0. The minimum Gasteiger partial charge on any atom is -0.325 e. The van der Waals surface area contributed by atoms with Crippen molar-refractivity contribution in [1.82, 2.24) is 0 Å². The lowest BCUT2D eigenvalue weighted by Crippen LogP contribution is -2.31. The van der Waals surface area contributed by atoms with Crippen LogP contribution in [0.1, 0.15) is 30.6 Å². The highest BCUT2D eigenvalue weighted by Gasteiger charge is 2.17. The Morgan fingerprint density at radius 3 is 2.17 bits per heavy atom. The number of anilines is 2.